The molecule has 2 fully saturated rings. The Bertz CT molecular complexity index is 589. The highest BCUT2D eigenvalue weighted by molar-refractivity contribution is 6.28. The number of aliphatic imine (C=N–C) groups is 1. The molecular formula is C19H31ClN4O2. The van der Waals surface area contributed by atoms with Crippen molar-refractivity contribution in [3.8, 4) is 0 Å². The van der Waals surface area contributed by atoms with Crippen molar-refractivity contribution in [3.05, 3.63) is 11.0 Å². The molecule has 0 bridgehead atoms. The summed E-state index contributed by atoms with van der Waals surface area (Å²) >= 11 is 5.98. The largest absolute Gasteiger partial charge is 0.394 e. The van der Waals surface area contributed by atoms with E-state index in [9.17, 15) is 0 Å². The van der Waals surface area contributed by atoms with Gasteiger partial charge in [-0.3, -0.25) is 4.99 Å². The van der Waals surface area contributed by atoms with Crippen molar-refractivity contribution in [1.82, 2.24) is 9.97 Å². The number of aliphatic hydroxyl groups excluding tert-OH is 1. The molecule has 0 radical (unpaired) electrons. The summed E-state index contributed by atoms with van der Waals surface area (Å²) < 4.78 is 5.26. The number of anilines is 1. The summed E-state index contributed by atoms with van der Waals surface area (Å²) in [6.45, 7) is 8.11. The smallest absolute Gasteiger partial charge is 0.224 e. The van der Waals surface area contributed by atoms with Crippen LogP contribution >= 0.6 is 11.6 Å². The molecule has 1 aromatic heterocycles. The van der Waals surface area contributed by atoms with Crippen molar-refractivity contribution in [2.24, 2.45) is 4.99 Å². The van der Waals surface area contributed by atoms with Crippen molar-refractivity contribution < 1.29 is 9.84 Å². The highest BCUT2D eigenvalue weighted by Gasteiger charge is 2.20. The van der Waals surface area contributed by atoms with E-state index in [1.165, 1.54) is 25.7 Å². The number of ether oxygens (including phenoxy) is 1. The van der Waals surface area contributed by atoms with E-state index >= 15 is 0 Å². The molecule has 3 rings (SSSR count). The van der Waals surface area contributed by atoms with Crippen LogP contribution in [0.1, 0.15) is 58.1 Å². The lowest BCUT2D eigenvalue weighted by Crippen LogP contribution is -2.25. The predicted molar refractivity (Wildman–Crippen MR) is 107 cm³/mol. The number of hydrogen-bond acceptors (Lipinski definition) is 6. The molecule has 0 spiro atoms. The summed E-state index contributed by atoms with van der Waals surface area (Å²) in [6.07, 6.45) is 9.40. The Morgan fingerprint density at radius 2 is 1.92 bits per heavy atom. The first-order valence-corrected chi connectivity index (χ1v) is 9.97. The highest BCUT2D eigenvalue weighted by atomic mass is 35.5. The minimum atomic E-state index is 0.130. The molecule has 2 aliphatic heterocycles. The number of rotatable bonds is 3. The molecule has 0 aliphatic carbocycles. The molecule has 26 heavy (non-hydrogen) atoms. The topological polar surface area (TPSA) is 70.8 Å². The van der Waals surface area contributed by atoms with Gasteiger partial charge < -0.3 is 14.7 Å². The number of aryl methyl sites for hydroxylation is 1. The Morgan fingerprint density at radius 1 is 1.23 bits per heavy atom. The molecule has 0 amide bonds. The molecule has 2 unspecified atom stereocenters. The minimum Gasteiger partial charge on any atom is -0.394 e. The van der Waals surface area contributed by atoms with Gasteiger partial charge in [-0.15, -0.1) is 0 Å². The fraction of sp³-hybridized carbons (Fsp3) is 0.737. The molecule has 2 saturated heterocycles. The number of halogens is 1. The molecule has 2 atom stereocenters. The zero-order chi connectivity index (χ0) is 18.9. The van der Waals surface area contributed by atoms with Crippen LogP contribution in [0.5, 0.6) is 0 Å². The normalized spacial score (nSPS) is 23.7. The molecule has 0 saturated carbocycles. The summed E-state index contributed by atoms with van der Waals surface area (Å²) in [5, 5.41) is 8.87. The zero-order valence-electron chi connectivity index (χ0n) is 16.1. The van der Waals surface area contributed by atoms with Crippen LogP contribution in [0.3, 0.4) is 0 Å². The number of nitrogens with zero attached hydrogens (tertiary/aromatic N) is 4. The summed E-state index contributed by atoms with van der Waals surface area (Å²) in [7, 11) is 0. The Kier molecular flexibility index (Phi) is 8.75. The summed E-state index contributed by atoms with van der Waals surface area (Å²) in [5.41, 5.74) is 1.69. The monoisotopic (exact) mass is 382 g/mol. The van der Waals surface area contributed by atoms with Crippen LogP contribution in [-0.2, 0) is 4.74 Å². The fourth-order valence-electron chi connectivity index (χ4n) is 3.32. The molecule has 1 N–H and O–H groups in total. The van der Waals surface area contributed by atoms with Crippen LogP contribution in [0.25, 0.3) is 0 Å². The van der Waals surface area contributed by atoms with Crippen LogP contribution in [0.2, 0.25) is 5.28 Å². The fourth-order valence-corrected chi connectivity index (χ4v) is 3.53. The van der Waals surface area contributed by atoms with Crippen molar-refractivity contribution in [1.29, 1.82) is 0 Å². The van der Waals surface area contributed by atoms with Gasteiger partial charge in [0.2, 0.25) is 5.28 Å². The van der Waals surface area contributed by atoms with E-state index < -0.39 is 0 Å². The Morgan fingerprint density at radius 3 is 2.42 bits per heavy atom. The van der Waals surface area contributed by atoms with Gasteiger partial charge in [-0.05, 0) is 58.1 Å². The Hall–Kier alpha value is -1.24. The van der Waals surface area contributed by atoms with Gasteiger partial charge in [0.05, 0.1) is 24.5 Å². The molecule has 3 heterocycles. The SMILES string of the molecule is CC1CCC(CO)O1.CC=Nc1c(C)nc(Cl)nc1N1CCCCCC1. The predicted octanol–water partition coefficient (Wildman–Crippen LogP) is 4.09. The van der Waals surface area contributed by atoms with Gasteiger partial charge in [0.15, 0.2) is 5.82 Å². The summed E-state index contributed by atoms with van der Waals surface area (Å²) in [5.74, 6) is 0.882. The van der Waals surface area contributed by atoms with Crippen LogP contribution in [0.15, 0.2) is 4.99 Å². The molecule has 146 valence electrons. The minimum absolute atomic E-state index is 0.130. The Balaban J connectivity index is 0.000000254. The number of hydrogen-bond donors (Lipinski definition) is 1. The van der Waals surface area contributed by atoms with E-state index in [0.717, 1.165) is 43.1 Å². The van der Waals surface area contributed by atoms with Gasteiger partial charge in [0.25, 0.3) is 0 Å². The van der Waals surface area contributed by atoms with Crippen LogP contribution in [0.4, 0.5) is 11.5 Å². The van der Waals surface area contributed by atoms with Gasteiger partial charge in [0.1, 0.15) is 5.69 Å². The van der Waals surface area contributed by atoms with Gasteiger partial charge in [-0.2, -0.15) is 4.98 Å². The average molecular weight is 383 g/mol. The lowest BCUT2D eigenvalue weighted by Gasteiger charge is -2.23. The maximum Gasteiger partial charge on any atom is 0.224 e. The third kappa shape index (κ3) is 6.18. The highest BCUT2D eigenvalue weighted by Crippen LogP contribution is 2.31. The number of aliphatic hydroxyl groups is 1. The van der Waals surface area contributed by atoms with E-state index in [-0.39, 0.29) is 12.7 Å². The second-order valence-corrected chi connectivity index (χ2v) is 7.21. The lowest BCUT2D eigenvalue weighted by molar-refractivity contribution is 0.0198. The van der Waals surface area contributed by atoms with Crippen molar-refractivity contribution >= 4 is 29.3 Å². The van der Waals surface area contributed by atoms with E-state index in [4.69, 9.17) is 21.4 Å². The summed E-state index contributed by atoms with van der Waals surface area (Å²) in [6, 6.07) is 0. The van der Waals surface area contributed by atoms with Gasteiger partial charge in [0, 0.05) is 19.3 Å². The van der Waals surface area contributed by atoms with Gasteiger partial charge in [-0.25, -0.2) is 4.98 Å². The first-order chi connectivity index (χ1) is 12.5. The number of aromatic nitrogens is 2. The second-order valence-electron chi connectivity index (χ2n) is 6.87. The molecule has 2 aliphatic rings. The third-order valence-corrected chi connectivity index (χ3v) is 4.87. The first-order valence-electron chi connectivity index (χ1n) is 9.59. The van der Waals surface area contributed by atoms with Crippen LogP contribution in [-0.4, -0.2) is 53.2 Å². The quantitative estimate of drug-likeness (QED) is 0.629. The van der Waals surface area contributed by atoms with Crippen molar-refractivity contribution in [2.75, 3.05) is 24.6 Å². The molecule has 1 aromatic rings. The second kappa shape index (κ2) is 10.8. The van der Waals surface area contributed by atoms with Crippen LogP contribution < -0.4 is 4.90 Å². The van der Waals surface area contributed by atoms with Crippen molar-refractivity contribution in [3.63, 3.8) is 0 Å². The molecular weight excluding hydrogens is 352 g/mol. The van der Waals surface area contributed by atoms with E-state index in [2.05, 4.69) is 19.9 Å². The van der Waals surface area contributed by atoms with Crippen LogP contribution in [0, 0.1) is 6.92 Å². The lowest BCUT2D eigenvalue weighted by atomic mass is 10.2. The standard InChI is InChI=1S/C13H19ClN4.C6H12O2/c1-3-15-11-10(2)16-13(14)17-12(11)18-8-6-4-5-7-9-18;1-5-2-3-6(4-7)8-5/h3H,4-9H2,1-2H3;5-7H,2-4H2,1H3. The molecule has 6 nitrogen and oxygen atoms in total. The first kappa shape index (κ1) is 21.1. The maximum absolute atomic E-state index is 8.56. The zero-order valence-corrected chi connectivity index (χ0v) is 16.9. The van der Waals surface area contributed by atoms with E-state index in [1.807, 2.05) is 20.8 Å². The van der Waals surface area contributed by atoms with Gasteiger partial charge >= 0.3 is 0 Å². The van der Waals surface area contributed by atoms with Crippen molar-refractivity contribution in [2.45, 2.75) is 71.5 Å². The van der Waals surface area contributed by atoms with Gasteiger partial charge in [-0.1, -0.05) is 12.8 Å². The van der Waals surface area contributed by atoms with E-state index in [1.54, 1.807) is 6.21 Å². The average Bonchev–Trinajstić information content (AvgIpc) is 2.87. The third-order valence-electron chi connectivity index (χ3n) is 4.70. The maximum atomic E-state index is 8.56. The molecule has 0 aromatic carbocycles. The summed E-state index contributed by atoms with van der Waals surface area (Å²) in [4.78, 5) is 15.3. The Labute approximate surface area is 161 Å². The van der Waals surface area contributed by atoms with E-state index in [0.29, 0.717) is 11.4 Å². The molecule has 7 heteroatoms.